The second-order valence-corrected chi connectivity index (χ2v) is 9.17. The van der Waals surface area contributed by atoms with E-state index in [2.05, 4.69) is 9.69 Å². The highest BCUT2D eigenvalue weighted by Crippen LogP contribution is 2.34. The maximum absolute atomic E-state index is 14.4. The number of rotatable bonds is 10. The van der Waals surface area contributed by atoms with Crippen molar-refractivity contribution in [3.63, 3.8) is 0 Å². The zero-order chi connectivity index (χ0) is 27.9. The van der Waals surface area contributed by atoms with Gasteiger partial charge >= 0.3 is 0 Å². The number of nitrogen functional groups attached to an aromatic ring is 1. The summed E-state index contributed by atoms with van der Waals surface area (Å²) in [5.41, 5.74) is 12.3. The lowest BCUT2D eigenvalue weighted by molar-refractivity contribution is -0.122. The molecule has 0 aliphatic carbocycles. The summed E-state index contributed by atoms with van der Waals surface area (Å²) in [5, 5.41) is 2.87. The minimum Gasteiger partial charge on any atom is -0.494 e. The summed E-state index contributed by atoms with van der Waals surface area (Å²) in [6.45, 7) is 2.48. The van der Waals surface area contributed by atoms with Crippen LogP contribution in [0.5, 0.6) is 5.75 Å². The number of nitrogens with zero attached hydrogens (tertiary/aromatic N) is 2. The van der Waals surface area contributed by atoms with E-state index in [1.165, 1.54) is 18.2 Å². The van der Waals surface area contributed by atoms with Crippen LogP contribution in [0.2, 0.25) is 0 Å². The van der Waals surface area contributed by atoms with Crippen LogP contribution >= 0.6 is 11.5 Å². The molecule has 1 unspecified atom stereocenters. The number of carbonyl (C=O) groups excluding carboxylic acids is 3. The Hall–Kier alpha value is -4.77. The van der Waals surface area contributed by atoms with Crippen LogP contribution in [0.15, 0.2) is 78.9 Å². The van der Waals surface area contributed by atoms with Gasteiger partial charge in [-0.3, -0.25) is 19.3 Å². The molecule has 3 aromatic carbocycles. The quantitative estimate of drug-likeness (QED) is 0.273. The number of aromatic nitrogens is 1. The van der Waals surface area contributed by atoms with Crippen molar-refractivity contribution in [2.24, 2.45) is 5.73 Å². The molecule has 1 heterocycles. The van der Waals surface area contributed by atoms with Crippen LogP contribution < -0.4 is 26.4 Å². The normalized spacial score (nSPS) is 11.4. The van der Waals surface area contributed by atoms with Crippen molar-refractivity contribution in [2.45, 2.75) is 19.5 Å². The molecule has 11 heteroatoms. The smallest absolute Gasteiger partial charge is 0.273 e. The van der Waals surface area contributed by atoms with Crippen LogP contribution in [-0.4, -0.2) is 28.7 Å². The fraction of sp³-hybridized carbons (Fsp3) is 0.143. The molecule has 200 valence electrons. The molecular formula is C28H26FN5O4S. The first-order valence-electron chi connectivity index (χ1n) is 12.0. The van der Waals surface area contributed by atoms with E-state index < -0.39 is 29.6 Å². The molecule has 9 nitrogen and oxygen atoms in total. The Morgan fingerprint density at radius 2 is 1.77 bits per heavy atom. The van der Waals surface area contributed by atoms with E-state index >= 15 is 0 Å². The molecule has 0 saturated carbocycles. The average molecular weight is 548 g/mol. The summed E-state index contributed by atoms with van der Waals surface area (Å²) in [5.74, 6) is -2.22. The summed E-state index contributed by atoms with van der Waals surface area (Å²) in [6.07, 6.45) is 0. The van der Waals surface area contributed by atoms with Crippen LogP contribution in [0.3, 0.4) is 0 Å². The van der Waals surface area contributed by atoms with Gasteiger partial charge in [-0.05, 0) is 59.9 Å². The first kappa shape index (κ1) is 27.3. The van der Waals surface area contributed by atoms with Crippen molar-refractivity contribution in [2.75, 3.05) is 17.2 Å². The van der Waals surface area contributed by atoms with E-state index in [0.29, 0.717) is 29.5 Å². The van der Waals surface area contributed by atoms with Crippen molar-refractivity contribution >= 4 is 40.6 Å². The standard InChI is InChI=1S/C28H26FN5O4S/c1-2-38-21-13-11-18(12-14-21)24(27(36)32-16-17-7-4-3-5-8-17)34(20-10-6-9-19(29)15-20)28(37)25-22(30)23(26(31)35)33-39-25/h3-15,24H,2,16,30H2,1H3,(H2,31,35)(H,32,36). The van der Waals surface area contributed by atoms with Crippen molar-refractivity contribution in [1.29, 1.82) is 0 Å². The lowest BCUT2D eigenvalue weighted by Crippen LogP contribution is -2.44. The minimum absolute atomic E-state index is 0.0992. The van der Waals surface area contributed by atoms with Gasteiger partial charge in [-0.2, -0.15) is 4.37 Å². The largest absolute Gasteiger partial charge is 0.494 e. The molecule has 0 saturated heterocycles. The topological polar surface area (TPSA) is 141 Å². The van der Waals surface area contributed by atoms with Crippen molar-refractivity contribution in [1.82, 2.24) is 9.69 Å². The van der Waals surface area contributed by atoms with E-state index in [1.807, 2.05) is 37.3 Å². The summed E-state index contributed by atoms with van der Waals surface area (Å²) in [6, 6.07) is 19.9. The molecular weight excluding hydrogens is 521 g/mol. The molecule has 0 aliphatic heterocycles. The fourth-order valence-electron chi connectivity index (χ4n) is 3.96. The summed E-state index contributed by atoms with van der Waals surface area (Å²) in [4.78, 5) is 40.6. The van der Waals surface area contributed by atoms with Gasteiger partial charge in [-0.1, -0.05) is 48.5 Å². The predicted molar refractivity (Wildman–Crippen MR) is 147 cm³/mol. The molecule has 1 aromatic heterocycles. The van der Waals surface area contributed by atoms with Crippen LogP contribution in [0, 0.1) is 5.82 Å². The molecule has 1 atom stereocenters. The molecule has 0 bridgehead atoms. The van der Waals surface area contributed by atoms with Gasteiger partial charge in [-0.15, -0.1) is 0 Å². The molecule has 0 fully saturated rings. The minimum atomic E-state index is -1.25. The molecule has 4 rings (SSSR count). The number of nitrogens with one attached hydrogen (secondary N) is 1. The van der Waals surface area contributed by atoms with Gasteiger partial charge in [-0.25, -0.2) is 4.39 Å². The molecule has 0 radical (unpaired) electrons. The van der Waals surface area contributed by atoms with Gasteiger partial charge in [0.15, 0.2) is 5.69 Å². The first-order valence-corrected chi connectivity index (χ1v) is 12.8. The number of primary amides is 1. The van der Waals surface area contributed by atoms with E-state index in [9.17, 15) is 18.8 Å². The van der Waals surface area contributed by atoms with E-state index in [1.54, 1.807) is 24.3 Å². The highest BCUT2D eigenvalue weighted by atomic mass is 32.1. The van der Waals surface area contributed by atoms with Gasteiger partial charge in [0.25, 0.3) is 11.8 Å². The van der Waals surface area contributed by atoms with Crippen LogP contribution in [0.4, 0.5) is 15.8 Å². The highest BCUT2D eigenvalue weighted by Gasteiger charge is 2.36. The van der Waals surface area contributed by atoms with Gasteiger partial charge in [0, 0.05) is 12.2 Å². The van der Waals surface area contributed by atoms with Gasteiger partial charge < -0.3 is 21.5 Å². The number of nitrogens with two attached hydrogens (primary N) is 2. The average Bonchev–Trinajstić information content (AvgIpc) is 3.33. The third kappa shape index (κ3) is 6.21. The number of hydrogen-bond acceptors (Lipinski definition) is 7. The van der Waals surface area contributed by atoms with E-state index in [4.69, 9.17) is 16.2 Å². The lowest BCUT2D eigenvalue weighted by Gasteiger charge is -2.31. The third-order valence-electron chi connectivity index (χ3n) is 5.78. The Balaban J connectivity index is 1.83. The fourth-order valence-corrected chi connectivity index (χ4v) is 4.70. The maximum atomic E-state index is 14.4. The number of hydrogen-bond donors (Lipinski definition) is 3. The monoisotopic (exact) mass is 547 g/mol. The second kappa shape index (κ2) is 12.2. The van der Waals surface area contributed by atoms with Crippen LogP contribution in [-0.2, 0) is 11.3 Å². The maximum Gasteiger partial charge on any atom is 0.273 e. The van der Waals surface area contributed by atoms with Crippen molar-refractivity contribution in [3.8, 4) is 5.75 Å². The molecule has 0 aliphatic rings. The lowest BCUT2D eigenvalue weighted by atomic mass is 10.0. The van der Waals surface area contributed by atoms with E-state index in [0.717, 1.165) is 16.5 Å². The van der Waals surface area contributed by atoms with Crippen molar-refractivity contribution in [3.05, 3.63) is 106 Å². The molecule has 39 heavy (non-hydrogen) atoms. The Morgan fingerprint density at radius 1 is 1.05 bits per heavy atom. The SMILES string of the molecule is CCOc1ccc(C(C(=O)NCc2ccccc2)N(C(=O)c2snc(C(N)=O)c2N)c2cccc(F)c2)cc1. The number of carbonyl (C=O) groups is 3. The van der Waals surface area contributed by atoms with Gasteiger partial charge in [0.1, 0.15) is 22.5 Å². The number of anilines is 2. The summed E-state index contributed by atoms with van der Waals surface area (Å²) < 4.78 is 23.9. The van der Waals surface area contributed by atoms with Crippen LogP contribution in [0.25, 0.3) is 0 Å². The number of ether oxygens (including phenoxy) is 1. The Morgan fingerprint density at radius 3 is 2.38 bits per heavy atom. The van der Waals surface area contributed by atoms with Gasteiger partial charge in [0.2, 0.25) is 5.91 Å². The summed E-state index contributed by atoms with van der Waals surface area (Å²) in [7, 11) is 0. The number of benzene rings is 3. The summed E-state index contributed by atoms with van der Waals surface area (Å²) >= 11 is 0.671. The Bertz CT molecular complexity index is 1480. The number of amides is 3. The molecule has 0 spiro atoms. The number of halogens is 1. The third-order valence-corrected chi connectivity index (χ3v) is 6.63. The Kier molecular flexibility index (Phi) is 8.52. The second-order valence-electron chi connectivity index (χ2n) is 8.40. The molecule has 4 aromatic rings. The van der Waals surface area contributed by atoms with Gasteiger partial charge in [0.05, 0.1) is 12.3 Å². The molecule has 5 N–H and O–H groups in total. The highest BCUT2D eigenvalue weighted by molar-refractivity contribution is 7.09. The Labute approximate surface area is 228 Å². The first-order chi connectivity index (χ1) is 18.8. The molecule has 3 amide bonds. The van der Waals surface area contributed by atoms with E-state index in [-0.39, 0.29) is 28.5 Å². The van der Waals surface area contributed by atoms with Crippen molar-refractivity contribution < 1.29 is 23.5 Å². The zero-order valence-corrected chi connectivity index (χ0v) is 21.8. The van der Waals surface area contributed by atoms with Crippen LogP contribution in [0.1, 0.15) is 44.3 Å². The zero-order valence-electron chi connectivity index (χ0n) is 21.0. The predicted octanol–water partition coefficient (Wildman–Crippen LogP) is 4.07.